The van der Waals surface area contributed by atoms with E-state index in [2.05, 4.69) is 31.5 Å². The number of pyridine rings is 1. The second kappa shape index (κ2) is 11.2. The summed E-state index contributed by atoms with van der Waals surface area (Å²) >= 11 is 3.52. The van der Waals surface area contributed by atoms with Gasteiger partial charge in [-0.2, -0.15) is 0 Å². The number of carbonyl (C=O) groups is 3. The lowest BCUT2D eigenvalue weighted by Gasteiger charge is -2.41. The Kier molecular flexibility index (Phi) is 8.64. The highest BCUT2D eigenvalue weighted by Gasteiger charge is 2.40. The van der Waals surface area contributed by atoms with Crippen molar-refractivity contribution in [3.8, 4) is 0 Å². The van der Waals surface area contributed by atoms with Gasteiger partial charge in [-0.15, -0.1) is 0 Å². The monoisotopic (exact) mass is 560 g/mol. The summed E-state index contributed by atoms with van der Waals surface area (Å²) in [6.45, 7) is 10.7. The molecule has 0 aliphatic heterocycles. The minimum atomic E-state index is -1.10. The predicted octanol–water partition coefficient (Wildman–Crippen LogP) is 5.84. The summed E-state index contributed by atoms with van der Waals surface area (Å²) in [5.41, 5.74) is 1.47. The Hall–Kier alpha value is -2.68. The smallest absolute Gasteiger partial charge is 0.408 e. The number of hydrogen-bond donors (Lipinski definition) is 3. The van der Waals surface area contributed by atoms with E-state index in [4.69, 9.17) is 0 Å². The van der Waals surface area contributed by atoms with Crippen molar-refractivity contribution >= 4 is 50.3 Å². The van der Waals surface area contributed by atoms with Gasteiger partial charge in [0, 0.05) is 33.7 Å². The van der Waals surface area contributed by atoms with Crippen LogP contribution in [-0.2, 0) is 4.79 Å². The van der Waals surface area contributed by atoms with Crippen molar-refractivity contribution in [3.05, 3.63) is 34.4 Å². The maximum atomic E-state index is 13.2. The molecule has 36 heavy (non-hydrogen) atoms. The first-order chi connectivity index (χ1) is 16.8. The van der Waals surface area contributed by atoms with Crippen molar-refractivity contribution in [2.45, 2.75) is 90.9 Å². The fourth-order valence-electron chi connectivity index (χ4n) is 5.00. The van der Waals surface area contributed by atoms with E-state index in [0.717, 1.165) is 46.7 Å². The number of nitrogens with zero attached hydrogens (tertiary/aromatic N) is 2. The molecule has 1 aliphatic carbocycles. The predicted molar refractivity (Wildman–Crippen MR) is 145 cm³/mol. The van der Waals surface area contributed by atoms with Crippen LogP contribution in [0.1, 0.15) is 77.6 Å². The lowest BCUT2D eigenvalue weighted by Crippen LogP contribution is -2.60. The van der Waals surface area contributed by atoms with Crippen molar-refractivity contribution < 1.29 is 19.5 Å². The number of ketones is 1. The normalized spacial score (nSPS) is 19.1. The van der Waals surface area contributed by atoms with E-state index >= 15 is 0 Å². The molecule has 0 spiro atoms. The van der Waals surface area contributed by atoms with Gasteiger partial charge < -0.3 is 15.7 Å². The Morgan fingerprint density at radius 3 is 2.25 bits per heavy atom. The van der Waals surface area contributed by atoms with Crippen LogP contribution < -0.4 is 10.6 Å². The number of benzene rings is 1. The molecule has 0 bridgehead atoms. The summed E-state index contributed by atoms with van der Waals surface area (Å²) < 4.78 is 0.914. The van der Waals surface area contributed by atoms with E-state index in [1.54, 1.807) is 33.9 Å². The van der Waals surface area contributed by atoms with Crippen molar-refractivity contribution in [3.63, 3.8) is 0 Å². The summed E-state index contributed by atoms with van der Waals surface area (Å²) in [5, 5.41) is 17.4. The topological polar surface area (TPSA) is 112 Å². The third-order valence-electron chi connectivity index (χ3n) is 6.74. The van der Waals surface area contributed by atoms with Crippen LogP contribution >= 0.6 is 15.9 Å². The van der Waals surface area contributed by atoms with Crippen LogP contribution in [0.3, 0.4) is 0 Å². The Labute approximate surface area is 221 Å². The number of anilines is 1. The molecule has 0 saturated heterocycles. The average molecular weight is 562 g/mol. The van der Waals surface area contributed by atoms with E-state index in [1.807, 2.05) is 32.0 Å². The fraction of sp³-hybridized carbons (Fsp3) is 0.556. The number of amides is 2. The summed E-state index contributed by atoms with van der Waals surface area (Å²) in [5.74, 6) is -0.459. The van der Waals surface area contributed by atoms with Gasteiger partial charge in [-0.25, -0.2) is 4.79 Å². The van der Waals surface area contributed by atoms with E-state index in [0.29, 0.717) is 5.56 Å². The molecular formula is C27H37BrN4O4. The molecule has 1 aromatic heterocycles. The molecular weight excluding hydrogens is 524 g/mol. The fourth-order valence-corrected chi connectivity index (χ4v) is 5.36. The number of halogens is 1. The number of aromatic nitrogens is 1. The van der Waals surface area contributed by atoms with E-state index in [1.165, 1.54) is 4.90 Å². The molecule has 1 aliphatic rings. The Balaban J connectivity index is 1.71. The van der Waals surface area contributed by atoms with Gasteiger partial charge in [-0.3, -0.25) is 19.5 Å². The zero-order valence-electron chi connectivity index (χ0n) is 21.9. The van der Waals surface area contributed by atoms with Gasteiger partial charge in [-0.05, 0) is 77.5 Å². The molecule has 1 saturated carbocycles. The SMILES string of the molecule is CC(=O)c1cnc2ccc(Br)cc2c1NC1CCC(NC(=O)C(C(C)C)N(C(=O)O)C(C)(C)C)CC1. The second-order valence-corrected chi connectivity index (χ2v) is 11.9. The third-order valence-corrected chi connectivity index (χ3v) is 7.23. The van der Waals surface area contributed by atoms with Crippen LogP contribution in [0.5, 0.6) is 0 Å². The molecule has 0 radical (unpaired) electrons. The second-order valence-electron chi connectivity index (χ2n) is 11.0. The number of nitrogens with one attached hydrogen (secondary N) is 2. The largest absolute Gasteiger partial charge is 0.465 e. The molecule has 8 nitrogen and oxygen atoms in total. The number of carboxylic acid groups (broad SMARTS) is 1. The zero-order chi connectivity index (χ0) is 26.8. The summed E-state index contributed by atoms with van der Waals surface area (Å²) in [6, 6.07) is 5.17. The van der Waals surface area contributed by atoms with Gasteiger partial charge in [-0.1, -0.05) is 29.8 Å². The summed E-state index contributed by atoms with van der Waals surface area (Å²) in [6.07, 6.45) is 3.68. The first-order valence-electron chi connectivity index (χ1n) is 12.5. The minimum Gasteiger partial charge on any atom is -0.465 e. The maximum Gasteiger partial charge on any atom is 0.408 e. The summed E-state index contributed by atoms with van der Waals surface area (Å²) in [4.78, 5) is 43.3. The minimum absolute atomic E-state index is 0.0250. The molecule has 196 valence electrons. The molecule has 2 aromatic rings. The Morgan fingerprint density at radius 2 is 1.72 bits per heavy atom. The van der Waals surface area contributed by atoms with Crippen molar-refractivity contribution in [2.75, 3.05) is 5.32 Å². The Bertz CT molecular complexity index is 1140. The maximum absolute atomic E-state index is 13.2. The van der Waals surface area contributed by atoms with Crippen LogP contribution in [0.25, 0.3) is 10.9 Å². The third kappa shape index (κ3) is 6.35. The molecule has 1 heterocycles. The zero-order valence-corrected chi connectivity index (χ0v) is 23.5. The van der Waals surface area contributed by atoms with Crippen LogP contribution in [0.4, 0.5) is 10.5 Å². The standard InChI is InChI=1S/C27H37BrN4O4/c1-15(2)24(32(26(35)36)27(4,5)6)25(34)31-19-10-8-18(9-11-19)30-23-20-13-17(28)7-12-22(20)29-14-21(23)16(3)33/h7,12-15,18-19,24H,8-11H2,1-6H3,(H,29,30)(H,31,34)(H,35,36). The van der Waals surface area contributed by atoms with Gasteiger partial charge in [0.2, 0.25) is 5.91 Å². The van der Waals surface area contributed by atoms with Gasteiger partial charge in [0.1, 0.15) is 6.04 Å². The molecule has 9 heteroatoms. The van der Waals surface area contributed by atoms with Crippen LogP contribution in [0.2, 0.25) is 0 Å². The highest BCUT2D eigenvalue weighted by Crippen LogP contribution is 2.32. The van der Waals surface area contributed by atoms with Gasteiger partial charge in [0.25, 0.3) is 0 Å². The molecule has 1 atom stereocenters. The molecule has 1 unspecified atom stereocenters. The average Bonchev–Trinajstić information content (AvgIpc) is 2.77. The van der Waals surface area contributed by atoms with E-state index < -0.39 is 17.7 Å². The number of fused-ring (bicyclic) bond motifs is 1. The Morgan fingerprint density at radius 1 is 1.11 bits per heavy atom. The highest BCUT2D eigenvalue weighted by molar-refractivity contribution is 9.10. The number of Topliss-reactive ketones (excluding diaryl/α,β-unsaturated/α-hetero) is 1. The molecule has 3 rings (SSSR count). The quantitative estimate of drug-likeness (QED) is 0.366. The van der Waals surface area contributed by atoms with Gasteiger partial charge >= 0.3 is 6.09 Å². The lowest BCUT2D eigenvalue weighted by molar-refractivity contribution is -0.130. The molecule has 1 fully saturated rings. The first kappa shape index (κ1) is 27.9. The van der Waals surface area contributed by atoms with Crippen LogP contribution in [0.15, 0.2) is 28.9 Å². The van der Waals surface area contributed by atoms with Crippen molar-refractivity contribution in [1.82, 2.24) is 15.2 Å². The van der Waals surface area contributed by atoms with Crippen LogP contribution in [0, 0.1) is 5.92 Å². The van der Waals surface area contributed by atoms with E-state index in [9.17, 15) is 19.5 Å². The molecule has 2 amide bonds. The molecule has 1 aromatic carbocycles. The first-order valence-corrected chi connectivity index (χ1v) is 13.3. The van der Waals surface area contributed by atoms with Gasteiger partial charge in [0.15, 0.2) is 5.78 Å². The summed E-state index contributed by atoms with van der Waals surface area (Å²) in [7, 11) is 0. The number of carbonyl (C=O) groups excluding carboxylic acids is 2. The number of hydrogen-bond acceptors (Lipinski definition) is 5. The van der Waals surface area contributed by atoms with Crippen molar-refractivity contribution in [1.29, 1.82) is 0 Å². The lowest BCUT2D eigenvalue weighted by atomic mass is 9.89. The molecule has 3 N–H and O–H groups in total. The van der Waals surface area contributed by atoms with Crippen molar-refractivity contribution in [2.24, 2.45) is 5.92 Å². The van der Waals surface area contributed by atoms with E-state index in [-0.39, 0.29) is 29.7 Å². The van der Waals surface area contributed by atoms with Crippen LogP contribution in [-0.4, -0.2) is 56.4 Å². The highest BCUT2D eigenvalue weighted by atomic mass is 79.9. The number of rotatable bonds is 7. The van der Waals surface area contributed by atoms with Gasteiger partial charge in [0.05, 0.1) is 16.8 Å².